The highest BCUT2D eigenvalue weighted by Crippen LogP contribution is 2.25. The van der Waals surface area contributed by atoms with Crippen LogP contribution in [0.2, 0.25) is 0 Å². The molecule has 0 radical (unpaired) electrons. The van der Waals surface area contributed by atoms with Gasteiger partial charge >= 0.3 is 0 Å². The third-order valence-electron chi connectivity index (χ3n) is 2.63. The van der Waals surface area contributed by atoms with Gasteiger partial charge in [0, 0.05) is 34.2 Å². The zero-order valence-electron chi connectivity index (χ0n) is 11.9. The fourth-order valence-corrected chi connectivity index (χ4v) is 3.69. The predicted molar refractivity (Wildman–Crippen MR) is 83.3 cm³/mol. The molecule has 116 valence electrons. The molecular formula is C11H20ClN3O3S2. The molecule has 0 fully saturated rings. The van der Waals surface area contributed by atoms with Crippen molar-refractivity contribution < 1.29 is 13.2 Å². The molecule has 1 rings (SSSR count). The molecular weight excluding hydrogens is 322 g/mol. The fraction of sp³-hybridized carbons (Fsp3) is 0.545. The number of likely N-dealkylation sites (N-methyl/N-ethyl adjacent to an activating group) is 2. The molecule has 1 aromatic rings. The van der Waals surface area contributed by atoms with Crippen LogP contribution in [0.4, 0.5) is 0 Å². The Balaban J connectivity index is 0.00000361. The summed E-state index contributed by atoms with van der Waals surface area (Å²) in [5.74, 6) is -0.273. The lowest BCUT2D eigenvalue weighted by Crippen LogP contribution is -2.33. The van der Waals surface area contributed by atoms with E-state index >= 15 is 0 Å². The summed E-state index contributed by atoms with van der Waals surface area (Å²) in [5.41, 5.74) is 0. The summed E-state index contributed by atoms with van der Waals surface area (Å²) >= 11 is 1.15. The highest BCUT2D eigenvalue weighted by Gasteiger charge is 2.27. The Kier molecular flexibility index (Phi) is 7.67. The van der Waals surface area contributed by atoms with E-state index in [1.807, 2.05) is 0 Å². The first-order valence-corrected chi connectivity index (χ1v) is 8.04. The highest BCUT2D eigenvalue weighted by molar-refractivity contribution is 7.89. The summed E-state index contributed by atoms with van der Waals surface area (Å²) in [6.45, 7) is 1.18. The minimum atomic E-state index is -3.58. The Morgan fingerprint density at radius 1 is 1.35 bits per heavy atom. The van der Waals surface area contributed by atoms with Gasteiger partial charge in [-0.2, -0.15) is 0 Å². The predicted octanol–water partition coefficient (Wildman–Crippen LogP) is 0.712. The van der Waals surface area contributed by atoms with Crippen molar-refractivity contribution in [3.05, 3.63) is 16.3 Å². The van der Waals surface area contributed by atoms with Crippen molar-refractivity contribution >= 4 is 39.7 Å². The summed E-state index contributed by atoms with van der Waals surface area (Å²) in [7, 11) is 2.77. The van der Waals surface area contributed by atoms with Gasteiger partial charge in [0.1, 0.15) is 9.77 Å². The number of sulfonamides is 1. The third kappa shape index (κ3) is 4.16. The molecule has 0 aromatic carbocycles. The van der Waals surface area contributed by atoms with E-state index in [-0.39, 0.29) is 28.1 Å². The van der Waals surface area contributed by atoms with Crippen LogP contribution in [0.15, 0.2) is 16.3 Å². The van der Waals surface area contributed by atoms with Crippen molar-refractivity contribution in [2.45, 2.75) is 4.90 Å². The number of thiophene rings is 1. The zero-order chi connectivity index (χ0) is 14.6. The van der Waals surface area contributed by atoms with E-state index in [4.69, 9.17) is 0 Å². The lowest BCUT2D eigenvalue weighted by molar-refractivity contribution is 0.0798. The van der Waals surface area contributed by atoms with Gasteiger partial charge in [0.15, 0.2) is 0 Å². The van der Waals surface area contributed by atoms with Gasteiger partial charge in [0.2, 0.25) is 10.0 Å². The number of nitrogens with one attached hydrogen (secondary N) is 1. The summed E-state index contributed by atoms with van der Waals surface area (Å²) in [6, 6.07) is 1.47. The Hall–Kier alpha value is -0.670. The Labute approximate surface area is 130 Å². The number of hydrogen-bond donors (Lipinski definition) is 1. The second-order valence-corrected chi connectivity index (χ2v) is 7.27. The first-order chi connectivity index (χ1) is 8.82. The summed E-state index contributed by atoms with van der Waals surface area (Å²) in [6.07, 6.45) is 0. The molecule has 0 saturated carbocycles. The van der Waals surface area contributed by atoms with Crippen LogP contribution in [0.1, 0.15) is 9.67 Å². The third-order valence-corrected chi connectivity index (χ3v) is 5.51. The van der Waals surface area contributed by atoms with E-state index in [9.17, 15) is 13.2 Å². The van der Waals surface area contributed by atoms with Crippen molar-refractivity contribution in [2.24, 2.45) is 0 Å². The average Bonchev–Trinajstić information content (AvgIpc) is 2.84. The molecule has 20 heavy (non-hydrogen) atoms. The van der Waals surface area contributed by atoms with Crippen molar-refractivity contribution in [2.75, 3.05) is 41.3 Å². The molecule has 0 aliphatic heterocycles. The fourth-order valence-electron chi connectivity index (χ4n) is 1.41. The summed E-state index contributed by atoms with van der Waals surface area (Å²) in [4.78, 5) is 14.1. The molecule has 1 heterocycles. The van der Waals surface area contributed by atoms with Gasteiger partial charge in [-0.15, -0.1) is 23.7 Å². The number of carbonyl (C=O) groups is 1. The minimum Gasteiger partial charge on any atom is -0.340 e. The molecule has 0 spiro atoms. The van der Waals surface area contributed by atoms with Crippen molar-refractivity contribution in [1.29, 1.82) is 0 Å². The second kappa shape index (κ2) is 7.94. The topological polar surface area (TPSA) is 69.7 Å². The van der Waals surface area contributed by atoms with E-state index in [0.717, 1.165) is 15.6 Å². The standard InChI is InChI=1S/C11H19N3O3S2.ClH/c1-12-6-7-14(4)11(15)10-9(5-8-18-10)19(16,17)13(2)3;/h5,8,12H,6-7H2,1-4H3;1H. The second-order valence-electron chi connectivity index (χ2n) is 4.23. The van der Waals surface area contributed by atoms with Crippen molar-refractivity contribution in [1.82, 2.24) is 14.5 Å². The molecule has 0 aliphatic rings. The van der Waals surface area contributed by atoms with Gasteiger partial charge < -0.3 is 10.2 Å². The number of amides is 1. The maximum absolute atomic E-state index is 12.2. The van der Waals surface area contributed by atoms with Crippen LogP contribution < -0.4 is 5.32 Å². The van der Waals surface area contributed by atoms with Gasteiger partial charge in [-0.05, 0) is 18.5 Å². The van der Waals surface area contributed by atoms with Crippen molar-refractivity contribution in [3.63, 3.8) is 0 Å². The normalized spacial score (nSPS) is 11.2. The molecule has 0 bridgehead atoms. The number of rotatable bonds is 6. The van der Waals surface area contributed by atoms with Gasteiger partial charge in [0.05, 0.1) is 0 Å². The van der Waals surface area contributed by atoms with Crippen LogP contribution in [0.5, 0.6) is 0 Å². The lowest BCUT2D eigenvalue weighted by Gasteiger charge is -2.18. The maximum atomic E-state index is 12.2. The van der Waals surface area contributed by atoms with Gasteiger partial charge in [0.25, 0.3) is 5.91 Å². The SMILES string of the molecule is CNCCN(C)C(=O)c1sccc1S(=O)(=O)N(C)C.Cl. The Morgan fingerprint density at radius 3 is 2.45 bits per heavy atom. The van der Waals surface area contributed by atoms with Crippen LogP contribution in [0.3, 0.4) is 0 Å². The minimum absolute atomic E-state index is 0. The average molecular weight is 342 g/mol. The molecule has 0 saturated heterocycles. The molecule has 0 aliphatic carbocycles. The van der Waals surface area contributed by atoms with Gasteiger partial charge in [-0.25, -0.2) is 12.7 Å². The molecule has 1 N–H and O–H groups in total. The van der Waals surface area contributed by atoms with E-state index in [1.165, 1.54) is 25.1 Å². The molecule has 1 aromatic heterocycles. The smallest absolute Gasteiger partial charge is 0.265 e. The Bertz CT molecular complexity index is 543. The number of hydrogen-bond acceptors (Lipinski definition) is 5. The van der Waals surface area contributed by atoms with Crippen LogP contribution in [0.25, 0.3) is 0 Å². The van der Waals surface area contributed by atoms with E-state index in [2.05, 4.69) is 5.32 Å². The zero-order valence-corrected chi connectivity index (χ0v) is 14.4. The molecule has 0 unspecified atom stereocenters. The first kappa shape index (κ1) is 19.3. The quantitative estimate of drug-likeness (QED) is 0.827. The largest absolute Gasteiger partial charge is 0.340 e. The van der Waals surface area contributed by atoms with Gasteiger partial charge in [-0.1, -0.05) is 0 Å². The Morgan fingerprint density at radius 2 is 1.95 bits per heavy atom. The van der Waals surface area contributed by atoms with E-state index in [1.54, 1.807) is 19.5 Å². The lowest BCUT2D eigenvalue weighted by atomic mass is 10.4. The molecule has 9 heteroatoms. The van der Waals surface area contributed by atoms with E-state index in [0.29, 0.717) is 13.1 Å². The first-order valence-electron chi connectivity index (χ1n) is 5.72. The van der Waals surface area contributed by atoms with Crippen LogP contribution in [-0.4, -0.2) is 64.8 Å². The van der Waals surface area contributed by atoms with Gasteiger partial charge in [-0.3, -0.25) is 4.79 Å². The molecule has 0 atom stereocenters. The maximum Gasteiger partial charge on any atom is 0.265 e. The number of nitrogens with zero attached hydrogens (tertiary/aromatic N) is 2. The van der Waals surface area contributed by atoms with Crippen LogP contribution in [0, 0.1) is 0 Å². The highest BCUT2D eigenvalue weighted by atomic mass is 35.5. The molecule has 6 nitrogen and oxygen atoms in total. The monoisotopic (exact) mass is 341 g/mol. The molecule has 1 amide bonds. The van der Waals surface area contributed by atoms with Crippen LogP contribution in [-0.2, 0) is 10.0 Å². The number of halogens is 1. The summed E-state index contributed by atoms with van der Waals surface area (Å²) in [5, 5.41) is 4.57. The van der Waals surface area contributed by atoms with E-state index < -0.39 is 10.0 Å². The van der Waals surface area contributed by atoms with Crippen molar-refractivity contribution in [3.8, 4) is 0 Å². The summed E-state index contributed by atoms with van der Waals surface area (Å²) < 4.78 is 25.3. The number of carbonyl (C=O) groups excluding carboxylic acids is 1. The van der Waals surface area contributed by atoms with Crippen LogP contribution >= 0.6 is 23.7 Å².